The third-order valence-corrected chi connectivity index (χ3v) is 2.74. The van der Waals surface area contributed by atoms with Gasteiger partial charge in [-0.2, -0.15) is 0 Å². The van der Waals surface area contributed by atoms with E-state index < -0.39 is 6.36 Å². The molecule has 0 saturated heterocycles. The maximum atomic E-state index is 12.0. The molecule has 3 nitrogen and oxygen atoms in total. The van der Waals surface area contributed by atoms with Crippen LogP contribution in [0.4, 0.5) is 13.2 Å². The van der Waals surface area contributed by atoms with Crippen molar-refractivity contribution < 1.29 is 22.6 Å². The standard InChI is InChI=1S/C15H22F3NO2/c1-4-12(10-19-9-11(2)3)20-13-5-7-14(8-6-13)21-15(16,17)18/h5-8,11-12,19H,4,9-10H2,1-3H3. The summed E-state index contributed by atoms with van der Waals surface area (Å²) in [5.74, 6) is 0.838. The largest absolute Gasteiger partial charge is 0.573 e. The lowest BCUT2D eigenvalue weighted by Crippen LogP contribution is -2.33. The van der Waals surface area contributed by atoms with Crippen LogP contribution in [0.15, 0.2) is 24.3 Å². The number of hydrogen-bond donors (Lipinski definition) is 1. The van der Waals surface area contributed by atoms with Crippen LogP contribution in [-0.4, -0.2) is 25.6 Å². The third kappa shape index (κ3) is 7.80. The number of alkyl halides is 3. The van der Waals surface area contributed by atoms with Crippen LogP contribution in [0.2, 0.25) is 0 Å². The fraction of sp³-hybridized carbons (Fsp3) is 0.600. The van der Waals surface area contributed by atoms with Gasteiger partial charge in [0.2, 0.25) is 0 Å². The molecule has 1 N–H and O–H groups in total. The first-order valence-corrected chi connectivity index (χ1v) is 7.03. The molecular weight excluding hydrogens is 283 g/mol. The monoisotopic (exact) mass is 305 g/mol. The lowest BCUT2D eigenvalue weighted by Gasteiger charge is -2.19. The molecular formula is C15H22F3NO2. The molecule has 6 heteroatoms. The first-order chi connectivity index (χ1) is 9.80. The molecule has 0 amide bonds. The van der Waals surface area contributed by atoms with E-state index in [0.29, 0.717) is 18.2 Å². The third-order valence-electron chi connectivity index (χ3n) is 2.74. The van der Waals surface area contributed by atoms with E-state index >= 15 is 0 Å². The Hall–Kier alpha value is -1.43. The van der Waals surface area contributed by atoms with Crippen molar-refractivity contribution in [1.82, 2.24) is 5.32 Å². The Balaban J connectivity index is 2.49. The summed E-state index contributed by atoms with van der Waals surface area (Å²) < 4.78 is 45.7. The Bertz CT molecular complexity index is 404. The van der Waals surface area contributed by atoms with Crippen molar-refractivity contribution in [1.29, 1.82) is 0 Å². The van der Waals surface area contributed by atoms with Crippen molar-refractivity contribution in [3.8, 4) is 11.5 Å². The van der Waals surface area contributed by atoms with E-state index in [1.165, 1.54) is 24.3 Å². The van der Waals surface area contributed by atoms with Gasteiger partial charge in [0.15, 0.2) is 0 Å². The molecule has 21 heavy (non-hydrogen) atoms. The Morgan fingerprint density at radius 2 is 1.62 bits per heavy atom. The molecule has 0 saturated carbocycles. The molecule has 1 aromatic carbocycles. The molecule has 0 aromatic heterocycles. The van der Waals surface area contributed by atoms with Gasteiger partial charge in [0.1, 0.15) is 17.6 Å². The van der Waals surface area contributed by atoms with E-state index in [1.54, 1.807) is 0 Å². The molecule has 1 rings (SSSR count). The Kier molecular flexibility index (Phi) is 6.81. The van der Waals surface area contributed by atoms with Gasteiger partial charge in [0.05, 0.1) is 0 Å². The van der Waals surface area contributed by atoms with Crippen LogP contribution >= 0.6 is 0 Å². The van der Waals surface area contributed by atoms with E-state index in [4.69, 9.17) is 4.74 Å². The summed E-state index contributed by atoms with van der Waals surface area (Å²) in [6.45, 7) is 7.85. The highest BCUT2D eigenvalue weighted by atomic mass is 19.4. The number of hydrogen-bond acceptors (Lipinski definition) is 3. The van der Waals surface area contributed by atoms with E-state index in [-0.39, 0.29) is 11.9 Å². The second-order valence-electron chi connectivity index (χ2n) is 5.22. The summed E-state index contributed by atoms with van der Waals surface area (Å²) in [7, 11) is 0. The summed E-state index contributed by atoms with van der Waals surface area (Å²) >= 11 is 0. The van der Waals surface area contributed by atoms with Crippen molar-refractivity contribution in [2.24, 2.45) is 5.92 Å². The Morgan fingerprint density at radius 3 is 2.10 bits per heavy atom. The zero-order valence-corrected chi connectivity index (χ0v) is 12.5. The molecule has 1 atom stereocenters. The Labute approximate surface area is 123 Å². The van der Waals surface area contributed by atoms with Crippen LogP contribution < -0.4 is 14.8 Å². The van der Waals surface area contributed by atoms with Crippen molar-refractivity contribution in [2.45, 2.75) is 39.7 Å². The van der Waals surface area contributed by atoms with Crippen molar-refractivity contribution >= 4 is 0 Å². The zero-order valence-electron chi connectivity index (χ0n) is 12.5. The smallest absolute Gasteiger partial charge is 0.489 e. The van der Waals surface area contributed by atoms with Gasteiger partial charge in [-0.25, -0.2) is 0 Å². The summed E-state index contributed by atoms with van der Waals surface area (Å²) in [5, 5.41) is 3.30. The molecule has 1 unspecified atom stereocenters. The first kappa shape index (κ1) is 17.6. The lowest BCUT2D eigenvalue weighted by molar-refractivity contribution is -0.274. The highest BCUT2D eigenvalue weighted by molar-refractivity contribution is 5.31. The highest BCUT2D eigenvalue weighted by Crippen LogP contribution is 2.25. The van der Waals surface area contributed by atoms with Crippen LogP contribution in [0.25, 0.3) is 0 Å². The zero-order chi connectivity index (χ0) is 15.9. The van der Waals surface area contributed by atoms with Crippen molar-refractivity contribution in [3.63, 3.8) is 0 Å². The fourth-order valence-corrected chi connectivity index (χ4v) is 1.71. The quantitative estimate of drug-likeness (QED) is 0.788. The summed E-state index contributed by atoms with van der Waals surface area (Å²) in [4.78, 5) is 0. The van der Waals surface area contributed by atoms with Gasteiger partial charge in [-0.1, -0.05) is 20.8 Å². The maximum Gasteiger partial charge on any atom is 0.573 e. The summed E-state index contributed by atoms with van der Waals surface area (Å²) in [6, 6.07) is 5.45. The molecule has 0 aliphatic heterocycles. The molecule has 0 heterocycles. The fourth-order valence-electron chi connectivity index (χ4n) is 1.71. The van der Waals surface area contributed by atoms with Gasteiger partial charge in [-0.3, -0.25) is 0 Å². The number of benzene rings is 1. The van der Waals surface area contributed by atoms with Crippen LogP contribution in [0.1, 0.15) is 27.2 Å². The minimum Gasteiger partial charge on any atom is -0.489 e. The lowest BCUT2D eigenvalue weighted by atomic mass is 10.2. The van der Waals surface area contributed by atoms with E-state index in [1.807, 2.05) is 6.92 Å². The minimum absolute atomic E-state index is 0.0156. The predicted octanol–water partition coefficient (Wildman–Crippen LogP) is 3.99. The average molecular weight is 305 g/mol. The van der Waals surface area contributed by atoms with Gasteiger partial charge >= 0.3 is 6.36 Å². The molecule has 0 bridgehead atoms. The molecule has 0 spiro atoms. The van der Waals surface area contributed by atoms with Crippen LogP contribution in [-0.2, 0) is 0 Å². The van der Waals surface area contributed by atoms with E-state index in [9.17, 15) is 13.2 Å². The number of halogens is 3. The van der Waals surface area contributed by atoms with Crippen molar-refractivity contribution in [2.75, 3.05) is 13.1 Å². The summed E-state index contributed by atoms with van der Waals surface area (Å²) in [6.07, 6.45) is -3.88. The van der Waals surface area contributed by atoms with Crippen LogP contribution in [0, 0.1) is 5.92 Å². The number of nitrogens with one attached hydrogen (secondary N) is 1. The van der Waals surface area contributed by atoms with Crippen molar-refractivity contribution in [3.05, 3.63) is 24.3 Å². The second-order valence-corrected chi connectivity index (χ2v) is 5.22. The predicted molar refractivity (Wildman–Crippen MR) is 75.5 cm³/mol. The van der Waals surface area contributed by atoms with Gasteiger partial charge in [-0.15, -0.1) is 13.2 Å². The number of ether oxygens (including phenoxy) is 2. The summed E-state index contributed by atoms with van der Waals surface area (Å²) in [5.41, 5.74) is 0. The molecule has 1 aromatic rings. The molecule has 120 valence electrons. The molecule has 0 aliphatic rings. The normalized spacial score (nSPS) is 13.3. The minimum atomic E-state index is -4.67. The Morgan fingerprint density at radius 1 is 1.05 bits per heavy atom. The van der Waals surface area contributed by atoms with Gasteiger partial charge < -0.3 is 14.8 Å². The number of rotatable bonds is 8. The average Bonchev–Trinajstić information content (AvgIpc) is 2.37. The van der Waals surface area contributed by atoms with E-state index in [0.717, 1.165) is 13.0 Å². The molecule has 0 fully saturated rings. The SMILES string of the molecule is CCC(CNCC(C)C)Oc1ccc(OC(F)(F)F)cc1. The molecule has 0 radical (unpaired) electrons. The maximum absolute atomic E-state index is 12.0. The highest BCUT2D eigenvalue weighted by Gasteiger charge is 2.31. The topological polar surface area (TPSA) is 30.5 Å². The van der Waals surface area contributed by atoms with Gasteiger partial charge in [-0.05, 0) is 43.1 Å². The van der Waals surface area contributed by atoms with Gasteiger partial charge in [0.25, 0.3) is 0 Å². The van der Waals surface area contributed by atoms with Crippen LogP contribution in [0.5, 0.6) is 11.5 Å². The van der Waals surface area contributed by atoms with Crippen LogP contribution in [0.3, 0.4) is 0 Å². The second kappa shape index (κ2) is 8.12. The van der Waals surface area contributed by atoms with Gasteiger partial charge in [0, 0.05) is 6.54 Å². The first-order valence-electron chi connectivity index (χ1n) is 7.03. The molecule has 0 aliphatic carbocycles. The van der Waals surface area contributed by atoms with E-state index in [2.05, 4.69) is 23.9 Å².